The van der Waals surface area contributed by atoms with Gasteiger partial charge in [-0.25, -0.2) is 4.98 Å². The van der Waals surface area contributed by atoms with Crippen LogP contribution in [0.3, 0.4) is 0 Å². The summed E-state index contributed by atoms with van der Waals surface area (Å²) in [5, 5.41) is 3.84. The number of rotatable bonds is 3. The predicted octanol–water partition coefficient (Wildman–Crippen LogP) is 2.98. The van der Waals surface area contributed by atoms with Crippen LogP contribution in [-0.4, -0.2) is 39.0 Å². The zero-order chi connectivity index (χ0) is 18.2. The summed E-state index contributed by atoms with van der Waals surface area (Å²) >= 11 is 0. The molecule has 0 aliphatic carbocycles. The molecule has 3 rings (SSSR count). The monoisotopic (exact) mass is 356 g/mol. The molecule has 0 bridgehead atoms. The summed E-state index contributed by atoms with van der Waals surface area (Å²) in [6, 6.07) is 0. The van der Waals surface area contributed by atoms with E-state index in [0.29, 0.717) is 31.0 Å². The van der Waals surface area contributed by atoms with E-state index < -0.39 is 11.9 Å². The zero-order valence-corrected chi connectivity index (χ0v) is 14.0. The molecule has 3 heterocycles. The molecular weight excluding hydrogens is 337 g/mol. The van der Waals surface area contributed by atoms with Gasteiger partial charge in [0.1, 0.15) is 17.3 Å². The van der Waals surface area contributed by atoms with E-state index in [1.807, 2.05) is 0 Å². The van der Waals surface area contributed by atoms with Gasteiger partial charge in [-0.1, -0.05) is 5.16 Å². The summed E-state index contributed by atoms with van der Waals surface area (Å²) in [4.78, 5) is 20.4. The largest absolute Gasteiger partial charge is 0.432 e. The Morgan fingerprint density at radius 1 is 1.44 bits per heavy atom. The quantitative estimate of drug-likeness (QED) is 0.917. The summed E-state index contributed by atoms with van der Waals surface area (Å²) in [7, 11) is 0. The lowest BCUT2D eigenvalue weighted by atomic mass is 9.96. The number of hydrogen-bond acceptors (Lipinski definition) is 4. The highest BCUT2D eigenvalue weighted by atomic mass is 19.4. The van der Waals surface area contributed by atoms with E-state index >= 15 is 0 Å². The van der Waals surface area contributed by atoms with Crippen molar-refractivity contribution in [2.24, 2.45) is 0 Å². The Morgan fingerprint density at radius 2 is 2.20 bits per heavy atom. The van der Waals surface area contributed by atoms with E-state index in [9.17, 15) is 18.0 Å². The van der Waals surface area contributed by atoms with Crippen molar-refractivity contribution in [3.8, 4) is 0 Å². The number of carbonyl (C=O) groups is 1. The molecule has 1 N–H and O–H groups in total. The fourth-order valence-corrected chi connectivity index (χ4v) is 3.13. The van der Waals surface area contributed by atoms with Crippen LogP contribution in [0.25, 0.3) is 0 Å². The highest BCUT2D eigenvalue weighted by molar-refractivity contribution is 5.79. The number of imidazole rings is 1. The lowest BCUT2D eigenvalue weighted by Crippen LogP contribution is -2.40. The molecule has 0 aromatic carbocycles. The third-order valence-corrected chi connectivity index (χ3v) is 4.57. The Hall–Kier alpha value is -2.32. The van der Waals surface area contributed by atoms with Crippen molar-refractivity contribution in [1.29, 1.82) is 0 Å². The lowest BCUT2D eigenvalue weighted by molar-refractivity contribution is -0.141. The van der Waals surface area contributed by atoms with E-state index in [2.05, 4.69) is 15.1 Å². The van der Waals surface area contributed by atoms with Gasteiger partial charge in [0.15, 0.2) is 0 Å². The van der Waals surface area contributed by atoms with Gasteiger partial charge in [0.2, 0.25) is 5.91 Å². The van der Waals surface area contributed by atoms with Crippen LogP contribution < -0.4 is 0 Å². The maximum atomic E-state index is 12.7. The molecule has 1 amide bonds. The Balaban J connectivity index is 1.68. The van der Waals surface area contributed by atoms with Gasteiger partial charge in [-0.3, -0.25) is 4.79 Å². The SMILES string of the molecule is Cc1noc(C)c1CC(=O)N1CCCC(c2ncc(C(F)(F)F)[nH]2)C1. The van der Waals surface area contributed by atoms with Crippen LogP contribution in [0.5, 0.6) is 0 Å². The Morgan fingerprint density at radius 3 is 2.80 bits per heavy atom. The molecule has 1 fully saturated rings. The van der Waals surface area contributed by atoms with Gasteiger partial charge in [-0.2, -0.15) is 13.2 Å². The number of nitrogens with zero attached hydrogens (tertiary/aromatic N) is 3. The highest BCUT2D eigenvalue weighted by Crippen LogP contribution is 2.31. The van der Waals surface area contributed by atoms with Gasteiger partial charge in [-0.15, -0.1) is 0 Å². The summed E-state index contributed by atoms with van der Waals surface area (Å²) in [6.45, 7) is 4.47. The molecule has 25 heavy (non-hydrogen) atoms. The second-order valence-electron chi connectivity index (χ2n) is 6.34. The molecule has 0 saturated carbocycles. The third kappa shape index (κ3) is 3.69. The number of likely N-dealkylation sites (tertiary alicyclic amines) is 1. The second-order valence-corrected chi connectivity index (χ2v) is 6.34. The molecule has 0 radical (unpaired) electrons. The first-order chi connectivity index (χ1) is 11.8. The van der Waals surface area contributed by atoms with Crippen LogP contribution in [0, 0.1) is 13.8 Å². The number of piperidine rings is 1. The number of nitrogens with one attached hydrogen (secondary N) is 1. The van der Waals surface area contributed by atoms with Crippen LogP contribution in [0.1, 0.15) is 47.3 Å². The fourth-order valence-electron chi connectivity index (χ4n) is 3.13. The van der Waals surface area contributed by atoms with Crippen molar-refractivity contribution in [3.05, 3.63) is 34.7 Å². The van der Waals surface area contributed by atoms with Gasteiger partial charge in [-0.05, 0) is 26.7 Å². The highest BCUT2D eigenvalue weighted by Gasteiger charge is 2.35. The first-order valence-electron chi connectivity index (χ1n) is 8.07. The van der Waals surface area contributed by atoms with Crippen molar-refractivity contribution in [2.75, 3.05) is 13.1 Å². The van der Waals surface area contributed by atoms with Gasteiger partial charge in [0.05, 0.1) is 18.3 Å². The maximum Gasteiger partial charge on any atom is 0.432 e. The van der Waals surface area contributed by atoms with Crippen molar-refractivity contribution in [2.45, 2.75) is 45.2 Å². The molecule has 6 nitrogen and oxygen atoms in total. The molecule has 136 valence electrons. The minimum absolute atomic E-state index is 0.0818. The number of aryl methyl sites for hydroxylation is 2. The standard InChI is InChI=1S/C16H19F3N4O2/c1-9-12(10(2)25-22-9)6-14(24)23-5-3-4-11(8-23)15-20-7-13(21-15)16(17,18)19/h7,11H,3-6,8H2,1-2H3,(H,20,21). The minimum Gasteiger partial charge on any atom is -0.361 e. The second kappa shape index (κ2) is 6.53. The number of carbonyl (C=O) groups excluding carboxylic acids is 1. The first-order valence-corrected chi connectivity index (χ1v) is 8.07. The van der Waals surface area contributed by atoms with Crippen LogP contribution in [-0.2, 0) is 17.4 Å². The summed E-state index contributed by atoms with van der Waals surface area (Å²) in [6.07, 6.45) is -2.04. The lowest BCUT2D eigenvalue weighted by Gasteiger charge is -2.32. The van der Waals surface area contributed by atoms with Crippen LogP contribution in [0.2, 0.25) is 0 Å². The van der Waals surface area contributed by atoms with Crippen molar-refractivity contribution >= 4 is 5.91 Å². The van der Waals surface area contributed by atoms with Crippen molar-refractivity contribution in [3.63, 3.8) is 0 Å². The summed E-state index contributed by atoms with van der Waals surface area (Å²) in [5.41, 5.74) is 0.589. The topological polar surface area (TPSA) is 75.0 Å². The fraction of sp³-hybridized carbons (Fsp3) is 0.562. The van der Waals surface area contributed by atoms with Gasteiger partial charge >= 0.3 is 6.18 Å². The van der Waals surface area contributed by atoms with Crippen molar-refractivity contribution < 1.29 is 22.5 Å². The van der Waals surface area contributed by atoms with Gasteiger partial charge in [0.25, 0.3) is 0 Å². The van der Waals surface area contributed by atoms with Crippen molar-refractivity contribution in [1.82, 2.24) is 20.0 Å². The average Bonchev–Trinajstić information content (AvgIpc) is 3.17. The summed E-state index contributed by atoms with van der Waals surface area (Å²) in [5.74, 6) is 0.586. The van der Waals surface area contributed by atoms with E-state index in [4.69, 9.17) is 4.52 Å². The van der Waals surface area contributed by atoms with Gasteiger partial charge in [0, 0.05) is 24.6 Å². The Bertz CT molecular complexity index is 746. The maximum absolute atomic E-state index is 12.7. The predicted molar refractivity (Wildman–Crippen MR) is 81.8 cm³/mol. The molecule has 2 aromatic heterocycles. The molecule has 9 heteroatoms. The summed E-state index contributed by atoms with van der Waals surface area (Å²) < 4.78 is 43.2. The number of H-pyrrole nitrogens is 1. The molecule has 1 saturated heterocycles. The number of alkyl halides is 3. The molecule has 1 aliphatic rings. The third-order valence-electron chi connectivity index (χ3n) is 4.57. The molecular formula is C16H19F3N4O2. The average molecular weight is 356 g/mol. The van der Waals surface area contributed by atoms with Gasteiger partial charge < -0.3 is 14.4 Å². The Kier molecular flexibility index (Phi) is 4.57. The number of aromatic amines is 1. The first kappa shape index (κ1) is 17.5. The Labute approximate surface area is 142 Å². The van der Waals surface area contributed by atoms with E-state index in [0.717, 1.165) is 18.2 Å². The molecule has 0 spiro atoms. The number of aromatic nitrogens is 3. The zero-order valence-electron chi connectivity index (χ0n) is 14.0. The van der Waals surface area contributed by atoms with E-state index in [1.54, 1.807) is 18.7 Å². The number of amides is 1. The minimum atomic E-state index is -4.45. The van der Waals surface area contributed by atoms with E-state index in [-0.39, 0.29) is 24.1 Å². The number of halogens is 3. The smallest absolute Gasteiger partial charge is 0.361 e. The molecule has 2 aromatic rings. The van der Waals surface area contributed by atoms with Crippen LogP contribution in [0.15, 0.2) is 10.7 Å². The molecule has 1 unspecified atom stereocenters. The normalized spacial score (nSPS) is 18.6. The van der Waals surface area contributed by atoms with Crippen LogP contribution in [0.4, 0.5) is 13.2 Å². The molecule has 1 aliphatic heterocycles. The van der Waals surface area contributed by atoms with E-state index in [1.165, 1.54) is 0 Å². The number of hydrogen-bond donors (Lipinski definition) is 1. The van der Waals surface area contributed by atoms with Crippen LogP contribution >= 0.6 is 0 Å². The molecule has 1 atom stereocenters.